The number of furan rings is 1. The van der Waals surface area contributed by atoms with E-state index < -0.39 is 0 Å². The lowest BCUT2D eigenvalue weighted by molar-refractivity contribution is 0.228. The summed E-state index contributed by atoms with van der Waals surface area (Å²) in [6.45, 7) is 5.10. The van der Waals surface area contributed by atoms with Gasteiger partial charge in [0.05, 0.1) is 11.0 Å². The maximum Gasteiger partial charge on any atom is 0.134 e. The maximum atomic E-state index is 5.94. The van der Waals surface area contributed by atoms with E-state index in [4.69, 9.17) is 4.42 Å². The second-order valence-corrected chi connectivity index (χ2v) is 6.44. The van der Waals surface area contributed by atoms with Gasteiger partial charge in [0.1, 0.15) is 11.3 Å². The molecule has 1 atom stereocenters. The number of rotatable bonds is 4. The average molecular weight is 286 g/mol. The molecule has 0 unspecified atom stereocenters. The van der Waals surface area contributed by atoms with Crippen LogP contribution < -0.4 is 0 Å². The highest BCUT2D eigenvalue weighted by molar-refractivity contribution is 7.11. The summed E-state index contributed by atoms with van der Waals surface area (Å²) in [6, 6.07) is 10.5. The molecule has 0 radical (unpaired) electrons. The zero-order valence-electron chi connectivity index (χ0n) is 12.0. The van der Waals surface area contributed by atoms with Gasteiger partial charge in [-0.3, -0.25) is 4.90 Å². The van der Waals surface area contributed by atoms with Gasteiger partial charge in [-0.2, -0.15) is 0 Å². The largest absolute Gasteiger partial charge is 0.459 e. The molecule has 0 spiro atoms. The van der Waals surface area contributed by atoms with Crippen molar-refractivity contribution in [3.05, 3.63) is 52.2 Å². The van der Waals surface area contributed by atoms with E-state index in [0.717, 1.165) is 28.3 Å². The number of aryl methyl sites for hydroxylation is 1. The fourth-order valence-corrected chi connectivity index (χ4v) is 3.15. The van der Waals surface area contributed by atoms with Gasteiger partial charge < -0.3 is 4.42 Å². The predicted octanol–water partition coefficient (Wildman–Crippen LogP) is 4.39. The first-order chi connectivity index (χ1) is 9.63. The van der Waals surface area contributed by atoms with Gasteiger partial charge in [0.25, 0.3) is 0 Å². The van der Waals surface area contributed by atoms with Crippen LogP contribution in [0.15, 0.2) is 40.9 Å². The highest BCUT2D eigenvalue weighted by atomic mass is 32.1. The van der Waals surface area contributed by atoms with Crippen LogP contribution in [0, 0.1) is 6.92 Å². The maximum absolute atomic E-state index is 5.94. The molecular formula is C16H18N2OS. The van der Waals surface area contributed by atoms with Crippen molar-refractivity contribution in [3.63, 3.8) is 0 Å². The fourth-order valence-electron chi connectivity index (χ4n) is 2.29. The minimum absolute atomic E-state index is 0.241. The number of aromatic nitrogens is 1. The predicted molar refractivity (Wildman–Crippen MR) is 82.9 cm³/mol. The molecule has 0 saturated carbocycles. The highest BCUT2D eigenvalue weighted by Crippen LogP contribution is 2.28. The van der Waals surface area contributed by atoms with Crippen LogP contribution in [0.4, 0.5) is 0 Å². The van der Waals surface area contributed by atoms with E-state index in [1.165, 1.54) is 4.88 Å². The van der Waals surface area contributed by atoms with Crippen molar-refractivity contribution in [2.75, 3.05) is 7.05 Å². The molecular weight excluding hydrogens is 268 g/mol. The van der Waals surface area contributed by atoms with E-state index in [9.17, 15) is 0 Å². The third-order valence-corrected chi connectivity index (χ3v) is 4.49. The van der Waals surface area contributed by atoms with Gasteiger partial charge in [0.15, 0.2) is 0 Å². The first-order valence-electron chi connectivity index (χ1n) is 6.73. The molecule has 0 saturated heterocycles. The molecule has 0 N–H and O–H groups in total. The number of thiazole rings is 1. The molecule has 1 aromatic carbocycles. The lowest BCUT2D eigenvalue weighted by Gasteiger charge is -2.21. The van der Waals surface area contributed by atoms with E-state index in [1.807, 2.05) is 31.3 Å². The van der Waals surface area contributed by atoms with Gasteiger partial charge in [-0.15, -0.1) is 11.3 Å². The molecule has 104 valence electrons. The van der Waals surface area contributed by atoms with E-state index in [1.54, 1.807) is 11.3 Å². The van der Waals surface area contributed by atoms with Crippen LogP contribution in [0.2, 0.25) is 0 Å². The Hall–Kier alpha value is -1.65. The van der Waals surface area contributed by atoms with E-state index in [0.29, 0.717) is 0 Å². The van der Waals surface area contributed by atoms with E-state index in [-0.39, 0.29) is 6.04 Å². The number of nitrogens with zero attached hydrogens (tertiary/aromatic N) is 2. The normalized spacial score (nSPS) is 13.2. The van der Waals surface area contributed by atoms with Crippen molar-refractivity contribution < 1.29 is 4.42 Å². The van der Waals surface area contributed by atoms with Crippen molar-refractivity contribution in [1.29, 1.82) is 0 Å². The smallest absolute Gasteiger partial charge is 0.134 e. The summed E-state index contributed by atoms with van der Waals surface area (Å²) in [5.41, 5.74) is 0.955. The average Bonchev–Trinajstić information content (AvgIpc) is 3.03. The lowest BCUT2D eigenvalue weighted by Crippen LogP contribution is -2.20. The first kappa shape index (κ1) is 13.3. The van der Waals surface area contributed by atoms with Crippen LogP contribution in [-0.2, 0) is 6.54 Å². The first-order valence-corrected chi connectivity index (χ1v) is 7.55. The molecule has 0 fully saturated rings. The Morgan fingerprint density at radius 2 is 2.15 bits per heavy atom. The van der Waals surface area contributed by atoms with Crippen LogP contribution in [-0.4, -0.2) is 16.9 Å². The van der Waals surface area contributed by atoms with Crippen molar-refractivity contribution >= 4 is 22.3 Å². The van der Waals surface area contributed by atoms with Crippen LogP contribution in [0.25, 0.3) is 11.0 Å². The van der Waals surface area contributed by atoms with Crippen molar-refractivity contribution in [2.24, 2.45) is 0 Å². The molecule has 0 aliphatic carbocycles. The van der Waals surface area contributed by atoms with Crippen molar-refractivity contribution in [1.82, 2.24) is 9.88 Å². The molecule has 0 bridgehead atoms. The Balaban J connectivity index is 1.78. The molecule has 20 heavy (non-hydrogen) atoms. The molecule has 3 nitrogen and oxygen atoms in total. The van der Waals surface area contributed by atoms with Crippen LogP contribution >= 0.6 is 11.3 Å². The Labute approximate surface area is 122 Å². The molecule has 0 aliphatic rings. The minimum Gasteiger partial charge on any atom is -0.459 e. The quantitative estimate of drug-likeness (QED) is 0.712. The lowest BCUT2D eigenvalue weighted by atomic mass is 10.2. The third-order valence-electron chi connectivity index (χ3n) is 3.59. The third kappa shape index (κ3) is 2.62. The zero-order valence-corrected chi connectivity index (χ0v) is 12.8. The Morgan fingerprint density at radius 3 is 2.85 bits per heavy atom. The van der Waals surface area contributed by atoms with Crippen molar-refractivity contribution in [2.45, 2.75) is 26.4 Å². The molecule has 2 heterocycles. The zero-order chi connectivity index (χ0) is 14.1. The summed E-state index contributed by atoms with van der Waals surface area (Å²) in [5.74, 6) is 1.01. The number of fused-ring (bicyclic) bond motifs is 1. The molecule has 0 amide bonds. The summed E-state index contributed by atoms with van der Waals surface area (Å²) in [7, 11) is 2.12. The molecule has 0 aliphatic heterocycles. The summed E-state index contributed by atoms with van der Waals surface area (Å²) in [6.07, 6.45) is 1.96. The van der Waals surface area contributed by atoms with E-state index in [2.05, 4.69) is 36.0 Å². The van der Waals surface area contributed by atoms with Crippen LogP contribution in [0.1, 0.15) is 28.6 Å². The molecule has 3 aromatic rings. The summed E-state index contributed by atoms with van der Waals surface area (Å²) in [4.78, 5) is 7.87. The van der Waals surface area contributed by atoms with Gasteiger partial charge in [0.2, 0.25) is 0 Å². The van der Waals surface area contributed by atoms with Gasteiger partial charge in [-0.1, -0.05) is 18.2 Å². The van der Waals surface area contributed by atoms with Crippen LogP contribution in [0.5, 0.6) is 0 Å². The summed E-state index contributed by atoms with van der Waals surface area (Å²) >= 11 is 1.75. The number of benzene rings is 1. The molecule has 4 heteroatoms. The van der Waals surface area contributed by atoms with Gasteiger partial charge in [0, 0.05) is 23.0 Å². The number of para-hydroxylation sites is 1. The Morgan fingerprint density at radius 1 is 1.35 bits per heavy atom. The Bertz CT molecular complexity index is 683. The topological polar surface area (TPSA) is 29.3 Å². The minimum atomic E-state index is 0.241. The standard InChI is InChI=1S/C16H18N2OS/c1-11(18(3)10-14-9-17-12(2)20-14)16-8-13-6-4-5-7-15(13)19-16/h4-9,11H,10H2,1-3H3/t11-/m0/s1. The number of hydrogen-bond donors (Lipinski definition) is 0. The van der Waals surface area contributed by atoms with Gasteiger partial charge in [-0.25, -0.2) is 4.98 Å². The summed E-state index contributed by atoms with van der Waals surface area (Å²) < 4.78 is 5.94. The monoisotopic (exact) mass is 286 g/mol. The molecule has 3 rings (SSSR count). The summed E-state index contributed by atoms with van der Waals surface area (Å²) in [5, 5.41) is 2.28. The second kappa shape index (κ2) is 5.38. The SMILES string of the molecule is Cc1ncc(CN(C)[C@@H](C)c2cc3ccccc3o2)s1. The van der Waals surface area contributed by atoms with Crippen LogP contribution in [0.3, 0.4) is 0 Å². The molecule has 2 aromatic heterocycles. The second-order valence-electron chi connectivity index (χ2n) is 5.12. The number of hydrogen-bond acceptors (Lipinski definition) is 4. The van der Waals surface area contributed by atoms with Gasteiger partial charge in [-0.05, 0) is 33.0 Å². The van der Waals surface area contributed by atoms with E-state index >= 15 is 0 Å². The Kier molecular flexibility index (Phi) is 3.59. The van der Waals surface area contributed by atoms with Gasteiger partial charge >= 0.3 is 0 Å². The fraction of sp³-hybridized carbons (Fsp3) is 0.312. The van der Waals surface area contributed by atoms with Crippen molar-refractivity contribution in [3.8, 4) is 0 Å². The highest BCUT2D eigenvalue weighted by Gasteiger charge is 2.17.